The molecule has 0 aromatic carbocycles. The highest BCUT2D eigenvalue weighted by Gasteiger charge is 2.19. The van der Waals surface area contributed by atoms with Crippen molar-refractivity contribution in [1.29, 1.82) is 0 Å². The second-order valence-corrected chi connectivity index (χ2v) is 7.94. The maximum Gasteiger partial charge on any atom is 0.142 e. The van der Waals surface area contributed by atoms with E-state index in [0.29, 0.717) is 11.7 Å². The summed E-state index contributed by atoms with van der Waals surface area (Å²) in [6.45, 7) is 4.47. The lowest BCUT2D eigenvalue weighted by atomic mass is 9.97. The highest BCUT2D eigenvalue weighted by atomic mass is 32.2. The molecule has 2 aromatic heterocycles. The lowest BCUT2D eigenvalue weighted by Crippen LogP contribution is -2.03. The van der Waals surface area contributed by atoms with Crippen LogP contribution in [0.4, 0.5) is 5.82 Å². The Labute approximate surface area is 128 Å². The summed E-state index contributed by atoms with van der Waals surface area (Å²) in [4.78, 5) is 11.9. The molecule has 108 valence electrons. The number of hydrogen-bond acceptors (Lipinski definition) is 5. The van der Waals surface area contributed by atoms with Gasteiger partial charge in [0.15, 0.2) is 0 Å². The molecular weight excluding hydrogens is 286 g/mol. The summed E-state index contributed by atoms with van der Waals surface area (Å²) < 4.78 is 0. The Hall–Kier alpha value is -0.810. The number of anilines is 1. The van der Waals surface area contributed by atoms with Gasteiger partial charge in [0.25, 0.3) is 0 Å². The average molecular weight is 307 g/mol. The number of aryl methyl sites for hydroxylation is 2. The lowest BCUT2D eigenvalue weighted by Gasteiger charge is -2.10. The smallest absolute Gasteiger partial charge is 0.142 e. The Kier molecular flexibility index (Phi) is 4.17. The van der Waals surface area contributed by atoms with Crippen LogP contribution in [-0.4, -0.2) is 15.7 Å². The van der Waals surface area contributed by atoms with Gasteiger partial charge >= 0.3 is 0 Å². The molecule has 0 spiro atoms. The SMILES string of the molecule is CC(C)CSCc1nc(N)c2c3c(sc2n1)CCCC3. The Bertz CT molecular complexity index is 619. The molecule has 0 radical (unpaired) electrons. The van der Waals surface area contributed by atoms with Crippen molar-refractivity contribution in [3.8, 4) is 0 Å². The molecular formula is C15H21N3S2. The molecule has 2 heterocycles. The first-order chi connectivity index (χ1) is 9.65. The number of nitrogen functional groups attached to an aromatic ring is 1. The van der Waals surface area contributed by atoms with E-state index in [9.17, 15) is 0 Å². The summed E-state index contributed by atoms with van der Waals surface area (Å²) in [6, 6.07) is 0. The average Bonchev–Trinajstić information content (AvgIpc) is 2.76. The fourth-order valence-corrected chi connectivity index (χ4v) is 4.87. The fraction of sp³-hybridized carbons (Fsp3) is 0.600. The molecule has 0 saturated heterocycles. The summed E-state index contributed by atoms with van der Waals surface area (Å²) in [5.41, 5.74) is 7.63. The minimum atomic E-state index is 0.689. The molecule has 0 fully saturated rings. The molecule has 0 bridgehead atoms. The first-order valence-electron chi connectivity index (χ1n) is 7.29. The summed E-state index contributed by atoms with van der Waals surface area (Å²) in [6.07, 6.45) is 4.89. The maximum atomic E-state index is 6.20. The van der Waals surface area contributed by atoms with Gasteiger partial charge in [-0.15, -0.1) is 11.3 Å². The molecule has 2 N–H and O–H groups in total. The van der Waals surface area contributed by atoms with Crippen LogP contribution in [0.2, 0.25) is 0 Å². The molecule has 20 heavy (non-hydrogen) atoms. The van der Waals surface area contributed by atoms with Gasteiger partial charge in [0.1, 0.15) is 16.5 Å². The molecule has 5 heteroatoms. The van der Waals surface area contributed by atoms with Crippen LogP contribution in [0, 0.1) is 5.92 Å². The van der Waals surface area contributed by atoms with Crippen LogP contribution in [0.3, 0.4) is 0 Å². The van der Waals surface area contributed by atoms with Gasteiger partial charge in [-0.2, -0.15) is 11.8 Å². The van der Waals surface area contributed by atoms with E-state index in [2.05, 4.69) is 18.8 Å². The molecule has 0 atom stereocenters. The van der Waals surface area contributed by atoms with Crippen molar-refractivity contribution in [3.05, 3.63) is 16.3 Å². The van der Waals surface area contributed by atoms with Crippen LogP contribution in [-0.2, 0) is 18.6 Å². The Morgan fingerprint density at radius 2 is 2.05 bits per heavy atom. The second-order valence-electron chi connectivity index (χ2n) is 5.83. The van der Waals surface area contributed by atoms with Crippen molar-refractivity contribution >= 4 is 39.1 Å². The lowest BCUT2D eigenvalue weighted by molar-refractivity contribution is 0.700. The van der Waals surface area contributed by atoms with Crippen LogP contribution >= 0.6 is 23.1 Å². The van der Waals surface area contributed by atoms with Crippen LogP contribution < -0.4 is 5.73 Å². The van der Waals surface area contributed by atoms with E-state index in [0.717, 1.165) is 34.0 Å². The van der Waals surface area contributed by atoms with Gasteiger partial charge in [0.2, 0.25) is 0 Å². The summed E-state index contributed by atoms with van der Waals surface area (Å²) in [7, 11) is 0. The quantitative estimate of drug-likeness (QED) is 0.926. The molecule has 0 saturated carbocycles. The van der Waals surface area contributed by atoms with Crippen LogP contribution in [0.5, 0.6) is 0 Å². The predicted octanol–water partition coefficient (Wildman–Crippen LogP) is 4.04. The summed E-state index contributed by atoms with van der Waals surface area (Å²) in [5, 5.41) is 1.14. The number of hydrogen-bond donors (Lipinski definition) is 1. The summed E-state index contributed by atoms with van der Waals surface area (Å²) in [5.74, 6) is 4.28. The normalized spacial score (nSPS) is 14.9. The van der Waals surface area contributed by atoms with E-state index in [1.54, 1.807) is 0 Å². The minimum Gasteiger partial charge on any atom is -0.383 e. The van der Waals surface area contributed by atoms with Crippen molar-refractivity contribution in [2.24, 2.45) is 5.92 Å². The van der Waals surface area contributed by atoms with Crippen LogP contribution in [0.1, 0.15) is 43.0 Å². The fourth-order valence-electron chi connectivity index (χ4n) is 2.68. The third kappa shape index (κ3) is 2.79. The predicted molar refractivity (Wildman–Crippen MR) is 89.5 cm³/mol. The number of fused-ring (bicyclic) bond motifs is 3. The minimum absolute atomic E-state index is 0.689. The standard InChI is InChI=1S/C15H21N3S2/c1-9(2)7-19-8-12-17-14(16)13-10-5-3-4-6-11(10)20-15(13)18-12/h9H,3-8H2,1-2H3,(H2,16,17,18). The van der Waals surface area contributed by atoms with Crippen molar-refractivity contribution in [2.75, 3.05) is 11.5 Å². The van der Waals surface area contributed by atoms with Gasteiger partial charge in [-0.25, -0.2) is 9.97 Å². The van der Waals surface area contributed by atoms with Gasteiger partial charge in [-0.05, 0) is 42.9 Å². The van der Waals surface area contributed by atoms with Gasteiger partial charge < -0.3 is 5.73 Å². The maximum absolute atomic E-state index is 6.20. The second kappa shape index (κ2) is 5.90. The van der Waals surface area contributed by atoms with Crippen LogP contribution in [0.25, 0.3) is 10.2 Å². The van der Waals surface area contributed by atoms with Crippen molar-refractivity contribution in [1.82, 2.24) is 9.97 Å². The highest BCUT2D eigenvalue weighted by Crippen LogP contribution is 2.37. The Morgan fingerprint density at radius 3 is 2.85 bits per heavy atom. The molecule has 0 amide bonds. The first-order valence-corrected chi connectivity index (χ1v) is 9.26. The zero-order chi connectivity index (χ0) is 14.1. The third-order valence-electron chi connectivity index (χ3n) is 3.57. The van der Waals surface area contributed by atoms with Gasteiger partial charge in [0.05, 0.1) is 11.1 Å². The van der Waals surface area contributed by atoms with E-state index in [1.165, 1.54) is 29.7 Å². The number of aromatic nitrogens is 2. The molecule has 2 aromatic rings. The van der Waals surface area contributed by atoms with Gasteiger partial charge in [-0.1, -0.05) is 13.8 Å². The highest BCUT2D eigenvalue weighted by molar-refractivity contribution is 7.98. The summed E-state index contributed by atoms with van der Waals surface area (Å²) >= 11 is 3.72. The molecule has 1 aliphatic carbocycles. The first kappa shape index (κ1) is 14.1. The van der Waals surface area contributed by atoms with Gasteiger partial charge in [0, 0.05) is 4.88 Å². The molecule has 0 unspecified atom stereocenters. The van der Waals surface area contributed by atoms with Crippen molar-refractivity contribution in [2.45, 2.75) is 45.3 Å². The number of nitrogens with zero attached hydrogens (tertiary/aromatic N) is 2. The Balaban J connectivity index is 1.90. The largest absolute Gasteiger partial charge is 0.383 e. The molecule has 1 aliphatic rings. The number of thiophene rings is 1. The van der Waals surface area contributed by atoms with E-state index < -0.39 is 0 Å². The monoisotopic (exact) mass is 307 g/mol. The van der Waals surface area contributed by atoms with E-state index >= 15 is 0 Å². The van der Waals surface area contributed by atoms with E-state index in [1.807, 2.05) is 23.1 Å². The van der Waals surface area contributed by atoms with E-state index in [-0.39, 0.29) is 0 Å². The van der Waals surface area contributed by atoms with Crippen molar-refractivity contribution < 1.29 is 0 Å². The molecule has 3 nitrogen and oxygen atoms in total. The number of nitrogens with two attached hydrogens (primary N) is 1. The van der Waals surface area contributed by atoms with Crippen LogP contribution in [0.15, 0.2) is 0 Å². The Morgan fingerprint density at radius 1 is 1.25 bits per heavy atom. The zero-order valence-electron chi connectivity index (χ0n) is 12.1. The third-order valence-corrected chi connectivity index (χ3v) is 6.12. The zero-order valence-corrected chi connectivity index (χ0v) is 13.7. The number of rotatable bonds is 4. The van der Waals surface area contributed by atoms with E-state index in [4.69, 9.17) is 10.7 Å². The topological polar surface area (TPSA) is 51.8 Å². The van der Waals surface area contributed by atoms with Gasteiger partial charge in [-0.3, -0.25) is 0 Å². The number of thioether (sulfide) groups is 1. The van der Waals surface area contributed by atoms with Crippen molar-refractivity contribution in [3.63, 3.8) is 0 Å². The molecule has 0 aliphatic heterocycles. The molecule has 3 rings (SSSR count).